The van der Waals surface area contributed by atoms with Crippen molar-refractivity contribution >= 4 is 5.82 Å². The van der Waals surface area contributed by atoms with E-state index in [0.717, 1.165) is 12.8 Å². The van der Waals surface area contributed by atoms with Gasteiger partial charge in [-0.1, -0.05) is 44.2 Å². The summed E-state index contributed by atoms with van der Waals surface area (Å²) in [6, 6.07) is 10.7. The summed E-state index contributed by atoms with van der Waals surface area (Å²) in [7, 11) is 0. The van der Waals surface area contributed by atoms with Crippen LogP contribution in [-0.2, 0) is 5.41 Å². The van der Waals surface area contributed by atoms with Crippen LogP contribution < -0.4 is 10.9 Å². The lowest BCUT2D eigenvalue weighted by atomic mass is 9.85. The molecule has 1 aromatic heterocycles. The second-order valence-electron chi connectivity index (χ2n) is 6.32. The van der Waals surface area contributed by atoms with E-state index >= 15 is 0 Å². The molecule has 2 aromatic rings. The summed E-state index contributed by atoms with van der Waals surface area (Å²) in [6.07, 6.45) is 5.68. The smallest absolute Gasteiger partial charge is 0.293 e. The van der Waals surface area contributed by atoms with Crippen molar-refractivity contribution in [2.45, 2.75) is 38.1 Å². The fraction of sp³-hybridized carbons (Fsp3) is 0.412. The van der Waals surface area contributed by atoms with Crippen molar-refractivity contribution in [3.05, 3.63) is 58.6 Å². The SMILES string of the molecule is CC(C)(CNc1nccn(C2CC2)c1=O)c1ccccc1. The van der Waals surface area contributed by atoms with Crippen LogP contribution >= 0.6 is 0 Å². The third-order valence-electron chi connectivity index (χ3n) is 4.06. The van der Waals surface area contributed by atoms with Crippen molar-refractivity contribution in [3.8, 4) is 0 Å². The van der Waals surface area contributed by atoms with E-state index in [1.54, 1.807) is 17.0 Å². The Bertz CT molecular complexity index is 672. The molecule has 0 atom stereocenters. The molecule has 0 saturated heterocycles. The third-order valence-corrected chi connectivity index (χ3v) is 4.06. The lowest BCUT2D eigenvalue weighted by Crippen LogP contribution is -2.31. The van der Waals surface area contributed by atoms with Crippen LogP contribution in [0.4, 0.5) is 5.82 Å². The van der Waals surface area contributed by atoms with Gasteiger partial charge in [0.1, 0.15) is 0 Å². The number of nitrogens with zero attached hydrogens (tertiary/aromatic N) is 2. The van der Waals surface area contributed by atoms with Crippen molar-refractivity contribution in [2.75, 3.05) is 11.9 Å². The highest BCUT2D eigenvalue weighted by Gasteiger charge is 2.26. The topological polar surface area (TPSA) is 46.9 Å². The highest BCUT2D eigenvalue weighted by Crippen LogP contribution is 2.33. The molecule has 4 heteroatoms. The summed E-state index contributed by atoms with van der Waals surface area (Å²) < 4.78 is 1.80. The largest absolute Gasteiger partial charge is 0.365 e. The van der Waals surface area contributed by atoms with Crippen molar-refractivity contribution in [1.29, 1.82) is 0 Å². The fourth-order valence-corrected chi connectivity index (χ4v) is 2.48. The van der Waals surface area contributed by atoms with Crippen LogP contribution in [0.5, 0.6) is 0 Å². The first-order valence-corrected chi connectivity index (χ1v) is 7.44. The van der Waals surface area contributed by atoms with Crippen LogP contribution in [-0.4, -0.2) is 16.1 Å². The summed E-state index contributed by atoms with van der Waals surface area (Å²) in [5.74, 6) is 0.452. The Hall–Kier alpha value is -2.10. The van der Waals surface area contributed by atoms with Crippen LogP contribution in [0.25, 0.3) is 0 Å². The molecule has 0 bridgehead atoms. The Morgan fingerprint density at radius 3 is 2.67 bits per heavy atom. The van der Waals surface area contributed by atoms with E-state index in [2.05, 4.69) is 36.3 Å². The van der Waals surface area contributed by atoms with Gasteiger partial charge in [0, 0.05) is 30.4 Å². The molecule has 1 fully saturated rings. The van der Waals surface area contributed by atoms with Gasteiger partial charge in [0.15, 0.2) is 5.82 Å². The molecule has 21 heavy (non-hydrogen) atoms. The van der Waals surface area contributed by atoms with Crippen LogP contribution in [0.1, 0.15) is 38.3 Å². The summed E-state index contributed by atoms with van der Waals surface area (Å²) in [6.45, 7) is 5.00. The van der Waals surface area contributed by atoms with Gasteiger partial charge in [0.25, 0.3) is 5.56 Å². The number of hydrogen-bond acceptors (Lipinski definition) is 3. The van der Waals surface area contributed by atoms with Gasteiger partial charge < -0.3 is 9.88 Å². The molecule has 1 aromatic carbocycles. The summed E-state index contributed by atoms with van der Waals surface area (Å²) in [4.78, 5) is 16.5. The maximum absolute atomic E-state index is 12.3. The van der Waals surface area contributed by atoms with Crippen LogP contribution in [0.3, 0.4) is 0 Å². The summed E-state index contributed by atoms with van der Waals surface area (Å²) in [5.41, 5.74) is 1.18. The molecule has 3 rings (SSSR count). The van der Waals surface area contributed by atoms with Gasteiger partial charge in [0.2, 0.25) is 0 Å². The predicted octanol–water partition coefficient (Wildman–Crippen LogP) is 2.97. The molecule has 0 aliphatic heterocycles. The van der Waals surface area contributed by atoms with E-state index < -0.39 is 0 Å². The number of hydrogen-bond donors (Lipinski definition) is 1. The molecule has 0 unspecified atom stereocenters. The molecular weight excluding hydrogens is 262 g/mol. The van der Waals surface area contributed by atoms with Gasteiger partial charge in [-0.05, 0) is 18.4 Å². The molecule has 0 amide bonds. The summed E-state index contributed by atoms with van der Waals surface area (Å²) in [5, 5.41) is 3.23. The van der Waals surface area contributed by atoms with Gasteiger partial charge in [0.05, 0.1) is 0 Å². The highest BCUT2D eigenvalue weighted by atomic mass is 16.1. The Morgan fingerprint density at radius 2 is 2.00 bits per heavy atom. The maximum atomic E-state index is 12.3. The quantitative estimate of drug-likeness (QED) is 0.917. The van der Waals surface area contributed by atoms with Crippen LogP contribution in [0, 0.1) is 0 Å². The first-order valence-electron chi connectivity index (χ1n) is 7.44. The van der Waals surface area contributed by atoms with E-state index in [1.807, 2.05) is 18.2 Å². The molecule has 4 nitrogen and oxygen atoms in total. The molecule has 1 saturated carbocycles. The van der Waals surface area contributed by atoms with Gasteiger partial charge >= 0.3 is 0 Å². The van der Waals surface area contributed by atoms with Crippen LogP contribution in [0.15, 0.2) is 47.5 Å². The Morgan fingerprint density at radius 1 is 1.29 bits per heavy atom. The third kappa shape index (κ3) is 2.99. The number of benzene rings is 1. The van der Waals surface area contributed by atoms with E-state index in [0.29, 0.717) is 18.4 Å². The number of rotatable bonds is 5. The predicted molar refractivity (Wildman–Crippen MR) is 84.7 cm³/mol. The second-order valence-corrected chi connectivity index (χ2v) is 6.32. The molecule has 0 spiro atoms. The average Bonchev–Trinajstić information content (AvgIpc) is 3.32. The van der Waals surface area contributed by atoms with Crippen molar-refractivity contribution in [3.63, 3.8) is 0 Å². The fourth-order valence-electron chi connectivity index (χ4n) is 2.48. The molecule has 1 aliphatic rings. The van der Waals surface area contributed by atoms with Gasteiger partial charge in [-0.15, -0.1) is 0 Å². The van der Waals surface area contributed by atoms with Crippen LogP contribution in [0.2, 0.25) is 0 Å². The average molecular weight is 283 g/mol. The second kappa shape index (κ2) is 5.35. The minimum Gasteiger partial charge on any atom is -0.365 e. The zero-order valence-electron chi connectivity index (χ0n) is 12.5. The van der Waals surface area contributed by atoms with E-state index in [1.165, 1.54) is 5.56 Å². The standard InChI is InChI=1S/C17H21N3O/c1-17(2,13-6-4-3-5-7-13)12-19-15-16(21)20(11-10-18-15)14-8-9-14/h3-7,10-11,14H,8-9,12H2,1-2H3,(H,18,19). The van der Waals surface area contributed by atoms with Crippen molar-refractivity contribution in [2.24, 2.45) is 0 Å². The van der Waals surface area contributed by atoms with Gasteiger partial charge in [-0.2, -0.15) is 0 Å². The Balaban J connectivity index is 1.76. The van der Waals surface area contributed by atoms with Crippen molar-refractivity contribution < 1.29 is 0 Å². The normalized spacial score (nSPS) is 15.0. The molecule has 1 N–H and O–H groups in total. The Labute approximate surface area is 124 Å². The number of anilines is 1. The molecular formula is C17H21N3O. The van der Waals surface area contributed by atoms with Gasteiger partial charge in [-0.3, -0.25) is 4.79 Å². The van der Waals surface area contributed by atoms with Crippen molar-refractivity contribution in [1.82, 2.24) is 9.55 Å². The monoisotopic (exact) mass is 283 g/mol. The maximum Gasteiger partial charge on any atom is 0.293 e. The lowest BCUT2D eigenvalue weighted by molar-refractivity contribution is 0.554. The van der Waals surface area contributed by atoms with E-state index in [-0.39, 0.29) is 11.0 Å². The van der Waals surface area contributed by atoms with Gasteiger partial charge in [-0.25, -0.2) is 4.98 Å². The molecule has 0 radical (unpaired) electrons. The summed E-state index contributed by atoms with van der Waals surface area (Å²) >= 11 is 0. The Kier molecular flexibility index (Phi) is 3.53. The lowest BCUT2D eigenvalue weighted by Gasteiger charge is -2.25. The molecule has 1 aliphatic carbocycles. The minimum absolute atomic E-state index is 0.0103. The van der Waals surface area contributed by atoms with E-state index in [9.17, 15) is 4.79 Å². The highest BCUT2D eigenvalue weighted by molar-refractivity contribution is 5.34. The van der Waals surface area contributed by atoms with E-state index in [4.69, 9.17) is 0 Å². The molecule has 110 valence electrons. The number of nitrogens with one attached hydrogen (secondary N) is 1. The first kappa shape index (κ1) is 13.9. The zero-order chi connectivity index (χ0) is 14.9. The first-order chi connectivity index (χ1) is 10.1. The number of aromatic nitrogens is 2. The minimum atomic E-state index is -0.0599. The zero-order valence-corrected chi connectivity index (χ0v) is 12.5. The molecule has 1 heterocycles.